The third-order valence-corrected chi connectivity index (χ3v) is 3.79. The van der Waals surface area contributed by atoms with Gasteiger partial charge in [0, 0.05) is 22.3 Å². The molecule has 2 nitrogen and oxygen atoms in total. The first-order valence-corrected chi connectivity index (χ1v) is 6.83. The molecule has 1 heterocycles. The third kappa shape index (κ3) is 3.43. The van der Waals surface area contributed by atoms with Crippen LogP contribution in [0.4, 0.5) is 0 Å². The van der Waals surface area contributed by atoms with E-state index in [-0.39, 0.29) is 5.54 Å². The Hall–Kier alpha value is -0.130. The van der Waals surface area contributed by atoms with Crippen molar-refractivity contribution in [3.05, 3.63) is 33.4 Å². The second kappa shape index (κ2) is 5.47. The Morgan fingerprint density at radius 2 is 2.12 bits per heavy atom. The molecule has 1 saturated heterocycles. The van der Waals surface area contributed by atoms with E-state index in [1.54, 1.807) is 0 Å². The normalized spacial score (nSPS) is 25.6. The molecular weight excluding hydrogens is 313 g/mol. The van der Waals surface area contributed by atoms with Gasteiger partial charge in [-0.05, 0) is 60.1 Å². The zero-order chi connectivity index (χ0) is 11.4. The Morgan fingerprint density at radius 3 is 2.75 bits per heavy atom. The van der Waals surface area contributed by atoms with Gasteiger partial charge in [-0.2, -0.15) is 0 Å². The van der Waals surface area contributed by atoms with E-state index in [0.29, 0.717) is 0 Å². The molecular formula is C13H18INO. The van der Waals surface area contributed by atoms with Crippen molar-refractivity contribution in [1.82, 2.24) is 5.32 Å². The van der Waals surface area contributed by atoms with Crippen molar-refractivity contribution in [1.29, 1.82) is 0 Å². The molecule has 0 saturated carbocycles. The van der Waals surface area contributed by atoms with Crippen molar-refractivity contribution in [2.24, 2.45) is 0 Å². The Bertz CT molecular complexity index is 330. The van der Waals surface area contributed by atoms with Gasteiger partial charge in [0.15, 0.2) is 0 Å². The molecule has 0 spiro atoms. The number of nitrogens with one attached hydrogen (secondary N) is 1. The first kappa shape index (κ1) is 12.3. The molecule has 1 aromatic rings. The van der Waals surface area contributed by atoms with E-state index in [1.807, 2.05) is 0 Å². The average molecular weight is 331 g/mol. The minimum Gasteiger partial charge on any atom is -0.380 e. The minimum absolute atomic E-state index is 0.154. The molecule has 0 radical (unpaired) electrons. The van der Waals surface area contributed by atoms with Gasteiger partial charge in [0.25, 0.3) is 0 Å². The Morgan fingerprint density at radius 1 is 1.38 bits per heavy atom. The topological polar surface area (TPSA) is 21.3 Å². The van der Waals surface area contributed by atoms with Crippen LogP contribution in [-0.4, -0.2) is 18.8 Å². The fraction of sp³-hybridized carbons (Fsp3) is 0.538. The molecule has 1 N–H and O–H groups in total. The predicted octanol–water partition coefficient (Wildman–Crippen LogP) is 2.95. The molecule has 1 unspecified atom stereocenters. The molecule has 1 atom stereocenters. The van der Waals surface area contributed by atoms with Crippen LogP contribution in [0.25, 0.3) is 0 Å². The Labute approximate surface area is 111 Å². The van der Waals surface area contributed by atoms with E-state index in [1.165, 1.54) is 15.6 Å². The van der Waals surface area contributed by atoms with Gasteiger partial charge in [-0.1, -0.05) is 12.1 Å². The molecule has 3 heteroatoms. The van der Waals surface area contributed by atoms with E-state index in [4.69, 9.17) is 4.74 Å². The van der Waals surface area contributed by atoms with Crippen LogP contribution in [0.3, 0.4) is 0 Å². The summed E-state index contributed by atoms with van der Waals surface area (Å²) in [6.07, 6.45) is 2.37. The Balaban J connectivity index is 1.88. The van der Waals surface area contributed by atoms with Gasteiger partial charge in [-0.15, -0.1) is 0 Å². The standard InChI is InChI=1S/C13H18INO/c1-13(7-2-8-16-10-13)15-9-11-3-5-12(14)6-4-11/h3-6,15H,2,7-10H2,1H3. The van der Waals surface area contributed by atoms with E-state index >= 15 is 0 Å². The maximum absolute atomic E-state index is 5.53. The van der Waals surface area contributed by atoms with Crippen LogP contribution in [0, 0.1) is 3.57 Å². The zero-order valence-electron chi connectivity index (χ0n) is 9.63. The fourth-order valence-electron chi connectivity index (χ4n) is 1.99. The van der Waals surface area contributed by atoms with Gasteiger partial charge in [0.05, 0.1) is 6.61 Å². The number of halogens is 1. The summed E-state index contributed by atoms with van der Waals surface area (Å²) in [6, 6.07) is 8.66. The lowest BCUT2D eigenvalue weighted by Crippen LogP contribution is -2.48. The fourth-order valence-corrected chi connectivity index (χ4v) is 2.35. The highest BCUT2D eigenvalue weighted by atomic mass is 127. The summed E-state index contributed by atoms with van der Waals surface area (Å²) >= 11 is 2.33. The summed E-state index contributed by atoms with van der Waals surface area (Å²) in [6.45, 7) is 4.92. The average Bonchev–Trinajstić information content (AvgIpc) is 2.29. The summed E-state index contributed by atoms with van der Waals surface area (Å²) in [5.74, 6) is 0. The lowest BCUT2D eigenvalue weighted by atomic mass is 9.94. The van der Waals surface area contributed by atoms with E-state index < -0.39 is 0 Å². The van der Waals surface area contributed by atoms with Gasteiger partial charge in [-0.3, -0.25) is 0 Å². The summed E-state index contributed by atoms with van der Waals surface area (Å²) in [5.41, 5.74) is 1.49. The molecule has 88 valence electrons. The van der Waals surface area contributed by atoms with Gasteiger partial charge < -0.3 is 10.1 Å². The molecule has 1 aliphatic rings. The molecule has 2 rings (SSSR count). The Kier molecular flexibility index (Phi) is 4.21. The van der Waals surface area contributed by atoms with Crippen LogP contribution < -0.4 is 5.32 Å². The first-order chi connectivity index (χ1) is 7.68. The van der Waals surface area contributed by atoms with Crippen molar-refractivity contribution in [2.75, 3.05) is 13.2 Å². The molecule has 16 heavy (non-hydrogen) atoms. The van der Waals surface area contributed by atoms with E-state index in [9.17, 15) is 0 Å². The van der Waals surface area contributed by atoms with Crippen LogP contribution in [-0.2, 0) is 11.3 Å². The number of hydrogen-bond acceptors (Lipinski definition) is 2. The second-order valence-corrected chi connectivity index (χ2v) is 5.94. The number of rotatable bonds is 3. The third-order valence-electron chi connectivity index (χ3n) is 3.07. The maximum Gasteiger partial charge on any atom is 0.0645 e. The number of ether oxygens (including phenoxy) is 1. The van der Waals surface area contributed by atoms with Crippen LogP contribution >= 0.6 is 22.6 Å². The second-order valence-electron chi connectivity index (χ2n) is 4.70. The molecule has 0 bridgehead atoms. The monoisotopic (exact) mass is 331 g/mol. The minimum atomic E-state index is 0.154. The van der Waals surface area contributed by atoms with Crippen LogP contribution in [0.15, 0.2) is 24.3 Å². The van der Waals surface area contributed by atoms with Gasteiger partial charge in [0.1, 0.15) is 0 Å². The zero-order valence-corrected chi connectivity index (χ0v) is 11.8. The predicted molar refractivity (Wildman–Crippen MR) is 74.5 cm³/mol. The first-order valence-electron chi connectivity index (χ1n) is 5.75. The summed E-state index contributed by atoms with van der Waals surface area (Å²) < 4.78 is 6.81. The molecule has 1 aromatic carbocycles. The highest BCUT2D eigenvalue weighted by molar-refractivity contribution is 14.1. The van der Waals surface area contributed by atoms with Crippen molar-refractivity contribution in [3.63, 3.8) is 0 Å². The molecule has 0 aliphatic carbocycles. The maximum atomic E-state index is 5.53. The smallest absolute Gasteiger partial charge is 0.0645 e. The van der Waals surface area contributed by atoms with Crippen LogP contribution in [0.2, 0.25) is 0 Å². The van der Waals surface area contributed by atoms with Crippen molar-refractivity contribution in [3.8, 4) is 0 Å². The lowest BCUT2D eigenvalue weighted by molar-refractivity contribution is 0.0278. The number of hydrogen-bond donors (Lipinski definition) is 1. The van der Waals surface area contributed by atoms with Gasteiger partial charge in [0.2, 0.25) is 0 Å². The highest BCUT2D eigenvalue weighted by Gasteiger charge is 2.26. The van der Waals surface area contributed by atoms with Crippen molar-refractivity contribution in [2.45, 2.75) is 31.8 Å². The van der Waals surface area contributed by atoms with Gasteiger partial charge in [-0.25, -0.2) is 0 Å². The van der Waals surface area contributed by atoms with Crippen molar-refractivity contribution < 1.29 is 4.74 Å². The number of benzene rings is 1. The van der Waals surface area contributed by atoms with Crippen LogP contribution in [0.1, 0.15) is 25.3 Å². The van der Waals surface area contributed by atoms with E-state index in [0.717, 1.165) is 26.2 Å². The molecule has 0 aromatic heterocycles. The summed E-state index contributed by atoms with van der Waals surface area (Å²) in [4.78, 5) is 0. The summed E-state index contributed by atoms with van der Waals surface area (Å²) in [7, 11) is 0. The highest BCUT2D eigenvalue weighted by Crippen LogP contribution is 2.19. The van der Waals surface area contributed by atoms with E-state index in [2.05, 4.69) is 59.1 Å². The summed E-state index contributed by atoms with van der Waals surface area (Å²) in [5, 5.41) is 3.61. The molecule has 0 amide bonds. The van der Waals surface area contributed by atoms with Crippen molar-refractivity contribution >= 4 is 22.6 Å². The lowest BCUT2D eigenvalue weighted by Gasteiger charge is -2.34. The SMILES string of the molecule is CC1(NCc2ccc(I)cc2)CCCOC1. The molecule has 1 fully saturated rings. The quantitative estimate of drug-likeness (QED) is 0.860. The van der Waals surface area contributed by atoms with Crippen LogP contribution in [0.5, 0.6) is 0 Å². The van der Waals surface area contributed by atoms with Gasteiger partial charge >= 0.3 is 0 Å². The molecule has 1 aliphatic heterocycles. The largest absolute Gasteiger partial charge is 0.380 e.